The van der Waals surface area contributed by atoms with Gasteiger partial charge in [0.2, 0.25) is 5.91 Å². The van der Waals surface area contributed by atoms with E-state index in [1.807, 2.05) is 4.83 Å². The molecule has 1 rings (SSSR count). The second-order valence-electron chi connectivity index (χ2n) is 3.70. The molecule has 1 aromatic rings. The highest BCUT2D eigenvalue weighted by Crippen LogP contribution is 2.13. The van der Waals surface area contributed by atoms with Gasteiger partial charge < -0.3 is 0 Å². The lowest BCUT2D eigenvalue weighted by Gasteiger charge is -2.09. The number of carbonyl (C=O) groups is 1. The van der Waals surface area contributed by atoms with Gasteiger partial charge in [0.1, 0.15) is 0 Å². The molecule has 0 unspecified atom stereocenters. The van der Waals surface area contributed by atoms with Crippen molar-refractivity contribution < 1.29 is 13.2 Å². The number of sulfonamides is 1. The Hall–Kier alpha value is -1.11. The molecule has 0 spiro atoms. The molecule has 1 aromatic carbocycles. The highest BCUT2D eigenvalue weighted by atomic mass is 35.5. The zero-order valence-corrected chi connectivity index (χ0v) is 11.0. The van der Waals surface area contributed by atoms with Gasteiger partial charge in [-0.2, -0.15) is 0 Å². The van der Waals surface area contributed by atoms with Crippen molar-refractivity contribution in [1.82, 2.24) is 10.3 Å². The first-order valence-corrected chi connectivity index (χ1v) is 6.76. The first-order valence-electron chi connectivity index (χ1n) is 4.90. The molecule has 0 aliphatic heterocycles. The smallest absolute Gasteiger partial charge is 0.257 e. The summed E-state index contributed by atoms with van der Waals surface area (Å²) < 4.78 is 23.4. The number of hydrogen-bond donors (Lipinski definition) is 2. The Bertz CT molecular complexity index is 497. The Morgan fingerprint density at radius 2 is 1.76 bits per heavy atom. The van der Waals surface area contributed by atoms with Crippen molar-refractivity contribution in [3.8, 4) is 0 Å². The summed E-state index contributed by atoms with van der Waals surface area (Å²) in [6.07, 6.45) is 0. The van der Waals surface area contributed by atoms with Crippen LogP contribution in [0.25, 0.3) is 0 Å². The van der Waals surface area contributed by atoms with Gasteiger partial charge in [-0.25, -0.2) is 8.42 Å². The number of carbonyl (C=O) groups excluding carboxylic acids is 1. The minimum Gasteiger partial charge on any atom is -0.277 e. The van der Waals surface area contributed by atoms with E-state index < -0.39 is 15.9 Å². The third-order valence-electron chi connectivity index (χ3n) is 1.96. The number of benzene rings is 1. The molecule has 0 saturated heterocycles. The molecule has 0 fully saturated rings. The number of halogens is 1. The first kappa shape index (κ1) is 14.0. The van der Waals surface area contributed by atoms with Crippen molar-refractivity contribution in [2.45, 2.75) is 18.7 Å². The van der Waals surface area contributed by atoms with E-state index in [-0.39, 0.29) is 10.8 Å². The van der Waals surface area contributed by atoms with Crippen LogP contribution in [0.5, 0.6) is 0 Å². The zero-order valence-electron chi connectivity index (χ0n) is 9.40. The predicted molar refractivity (Wildman–Crippen MR) is 64.8 cm³/mol. The molecule has 0 bridgehead atoms. The van der Waals surface area contributed by atoms with Gasteiger partial charge in [0.25, 0.3) is 10.0 Å². The summed E-state index contributed by atoms with van der Waals surface area (Å²) in [5.74, 6) is -0.703. The fourth-order valence-electron chi connectivity index (χ4n) is 0.934. The van der Waals surface area contributed by atoms with Crippen LogP contribution in [-0.4, -0.2) is 14.3 Å². The maximum absolute atomic E-state index is 11.7. The molecule has 0 heterocycles. The molecule has 0 aliphatic rings. The summed E-state index contributed by atoms with van der Waals surface area (Å²) in [5.41, 5.74) is 2.13. The molecule has 17 heavy (non-hydrogen) atoms. The lowest BCUT2D eigenvalue weighted by Crippen LogP contribution is -2.43. The van der Waals surface area contributed by atoms with Crippen molar-refractivity contribution in [2.75, 3.05) is 0 Å². The van der Waals surface area contributed by atoms with Crippen LogP contribution in [0.1, 0.15) is 13.8 Å². The van der Waals surface area contributed by atoms with Crippen LogP contribution in [0.2, 0.25) is 5.02 Å². The summed E-state index contributed by atoms with van der Waals surface area (Å²) in [7, 11) is -3.75. The Morgan fingerprint density at radius 3 is 2.24 bits per heavy atom. The van der Waals surface area contributed by atoms with Gasteiger partial charge in [-0.3, -0.25) is 10.2 Å². The van der Waals surface area contributed by atoms with E-state index in [1.54, 1.807) is 13.8 Å². The predicted octanol–water partition coefficient (Wildman–Crippen LogP) is 1.31. The average Bonchev–Trinajstić information content (AvgIpc) is 2.26. The topological polar surface area (TPSA) is 75.3 Å². The quantitative estimate of drug-likeness (QED) is 0.814. The second-order valence-corrected chi connectivity index (χ2v) is 5.82. The van der Waals surface area contributed by atoms with Crippen LogP contribution in [0.4, 0.5) is 0 Å². The average molecular weight is 277 g/mol. The number of hydrogen-bond acceptors (Lipinski definition) is 3. The fourth-order valence-corrected chi connectivity index (χ4v) is 1.91. The van der Waals surface area contributed by atoms with Gasteiger partial charge in [-0.15, -0.1) is 4.83 Å². The van der Waals surface area contributed by atoms with Crippen LogP contribution in [0.15, 0.2) is 29.2 Å². The molecule has 2 N–H and O–H groups in total. The van der Waals surface area contributed by atoms with Gasteiger partial charge in [0.15, 0.2) is 0 Å². The maximum Gasteiger partial charge on any atom is 0.257 e. The van der Waals surface area contributed by atoms with E-state index in [9.17, 15) is 13.2 Å². The Balaban J connectivity index is 2.76. The number of rotatable bonds is 4. The molecule has 94 valence electrons. The van der Waals surface area contributed by atoms with Gasteiger partial charge in [-0.1, -0.05) is 25.4 Å². The second kappa shape index (κ2) is 5.48. The molecule has 0 aromatic heterocycles. The van der Waals surface area contributed by atoms with Crippen LogP contribution in [0, 0.1) is 5.92 Å². The van der Waals surface area contributed by atoms with Crippen molar-refractivity contribution in [3.63, 3.8) is 0 Å². The first-order chi connectivity index (χ1) is 7.83. The van der Waals surface area contributed by atoms with Crippen LogP contribution in [-0.2, 0) is 14.8 Å². The molecule has 0 aliphatic carbocycles. The van der Waals surface area contributed by atoms with Gasteiger partial charge in [0.05, 0.1) is 4.90 Å². The third-order valence-corrected chi connectivity index (χ3v) is 3.47. The van der Waals surface area contributed by atoms with E-state index in [2.05, 4.69) is 5.43 Å². The largest absolute Gasteiger partial charge is 0.277 e. The number of hydrazine groups is 1. The zero-order chi connectivity index (χ0) is 13.1. The SMILES string of the molecule is CC(C)C(=O)NNS(=O)(=O)c1ccc(Cl)cc1. The number of nitrogens with one attached hydrogen (secondary N) is 2. The van der Waals surface area contributed by atoms with E-state index in [4.69, 9.17) is 11.6 Å². The minimum atomic E-state index is -3.75. The van der Waals surface area contributed by atoms with Crippen LogP contribution in [0.3, 0.4) is 0 Å². The maximum atomic E-state index is 11.7. The summed E-state index contributed by atoms with van der Waals surface area (Å²) in [6.45, 7) is 3.32. The van der Waals surface area contributed by atoms with Crippen molar-refractivity contribution in [2.24, 2.45) is 5.92 Å². The summed E-state index contributed by atoms with van der Waals surface area (Å²) in [4.78, 5) is 13.3. The van der Waals surface area contributed by atoms with Crippen LogP contribution >= 0.6 is 11.6 Å². The molecule has 7 heteroatoms. The van der Waals surface area contributed by atoms with Crippen LogP contribution < -0.4 is 10.3 Å². The lowest BCUT2D eigenvalue weighted by molar-refractivity contribution is -0.124. The monoisotopic (exact) mass is 276 g/mol. The highest BCUT2D eigenvalue weighted by molar-refractivity contribution is 7.89. The fraction of sp³-hybridized carbons (Fsp3) is 0.300. The van der Waals surface area contributed by atoms with E-state index >= 15 is 0 Å². The Kier molecular flexibility index (Phi) is 4.50. The van der Waals surface area contributed by atoms with Crippen molar-refractivity contribution in [3.05, 3.63) is 29.3 Å². The molecular formula is C10H13ClN2O3S. The standard InChI is InChI=1S/C10H13ClN2O3S/c1-7(2)10(14)12-13-17(15,16)9-5-3-8(11)4-6-9/h3-7,13H,1-2H3,(H,12,14). The summed E-state index contributed by atoms with van der Waals surface area (Å²) >= 11 is 5.65. The molecular weight excluding hydrogens is 264 g/mol. The Labute approximate surface area is 105 Å². The molecule has 0 radical (unpaired) electrons. The van der Waals surface area contributed by atoms with E-state index in [0.717, 1.165) is 0 Å². The summed E-state index contributed by atoms with van der Waals surface area (Å²) in [5, 5.41) is 0.440. The molecule has 1 amide bonds. The lowest BCUT2D eigenvalue weighted by atomic mass is 10.2. The van der Waals surface area contributed by atoms with Crippen molar-refractivity contribution in [1.29, 1.82) is 0 Å². The minimum absolute atomic E-state index is 0.0333. The highest BCUT2D eigenvalue weighted by Gasteiger charge is 2.15. The summed E-state index contributed by atoms with van der Waals surface area (Å²) in [6, 6.07) is 5.62. The number of amides is 1. The molecule has 0 atom stereocenters. The third kappa shape index (κ3) is 3.99. The Morgan fingerprint density at radius 1 is 1.24 bits per heavy atom. The van der Waals surface area contributed by atoms with Gasteiger partial charge in [0, 0.05) is 10.9 Å². The van der Waals surface area contributed by atoms with Gasteiger partial charge >= 0.3 is 0 Å². The molecule has 5 nitrogen and oxygen atoms in total. The van der Waals surface area contributed by atoms with E-state index in [0.29, 0.717) is 5.02 Å². The van der Waals surface area contributed by atoms with Gasteiger partial charge in [-0.05, 0) is 24.3 Å². The molecule has 0 saturated carbocycles. The van der Waals surface area contributed by atoms with E-state index in [1.165, 1.54) is 24.3 Å². The normalized spacial score (nSPS) is 11.5. The van der Waals surface area contributed by atoms with Crippen molar-refractivity contribution >= 4 is 27.5 Å².